The molecule has 0 radical (unpaired) electrons. The fourth-order valence-corrected chi connectivity index (χ4v) is 3.27. The van der Waals surface area contributed by atoms with Gasteiger partial charge in [-0.25, -0.2) is 0 Å². The van der Waals surface area contributed by atoms with Gasteiger partial charge in [0.05, 0.1) is 16.6 Å². The largest absolute Gasteiger partial charge is 0.399 e. The van der Waals surface area contributed by atoms with Gasteiger partial charge in [-0.3, -0.25) is 4.21 Å². The Labute approximate surface area is 95.2 Å². The molecular weight excluding hydrogens is 226 g/mol. The van der Waals surface area contributed by atoms with Gasteiger partial charge in [0.15, 0.2) is 0 Å². The van der Waals surface area contributed by atoms with Crippen LogP contribution in [0.3, 0.4) is 0 Å². The number of hydrogen-bond donors (Lipinski definition) is 1. The van der Waals surface area contributed by atoms with Gasteiger partial charge in [0, 0.05) is 15.5 Å². The Morgan fingerprint density at radius 3 is 2.53 bits per heavy atom. The lowest BCUT2D eigenvalue weighted by atomic mass is 10.3. The summed E-state index contributed by atoms with van der Waals surface area (Å²) >= 11 is 1.63. The molecule has 1 aromatic heterocycles. The second-order valence-electron chi connectivity index (χ2n) is 3.14. The zero-order valence-corrected chi connectivity index (χ0v) is 9.68. The number of nitrogens with two attached hydrogens (primary N) is 1. The van der Waals surface area contributed by atoms with Gasteiger partial charge in [0.25, 0.3) is 0 Å². The number of hydrogen-bond acceptors (Lipinski definition) is 3. The summed E-state index contributed by atoms with van der Waals surface area (Å²) in [4.78, 5) is 1.97. The molecule has 1 aromatic carbocycles. The fraction of sp³-hybridized carbons (Fsp3) is 0.0909. The molecule has 1 unspecified atom stereocenters. The highest BCUT2D eigenvalue weighted by Crippen LogP contribution is 2.17. The van der Waals surface area contributed by atoms with Crippen molar-refractivity contribution in [3.8, 4) is 0 Å². The Kier molecular flexibility index (Phi) is 3.18. The van der Waals surface area contributed by atoms with Crippen molar-refractivity contribution in [1.82, 2.24) is 0 Å². The molecule has 0 aliphatic heterocycles. The second kappa shape index (κ2) is 4.59. The third-order valence-electron chi connectivity index (χ3n) is 2.00. The maximum atomic E-state index is 11.9. The van der Waals surface area contributed by atoms with Crippen molar-refractivity contribution in [1.29, 1.82) is 0 Å². The molecule has 0 aliphatic carbocycles. The van der Waals surface area contributed by atoms with Gasteiger partial charge in [0.2, 0.25) is 0 Å². The van der Waals surface area contributed by atoms with E-state index in [2.05, 4.69) is 0 Å². The summed E-state index contributed by atoms with van der Waals surface area (Å²) < 4.78 is 11.9. The first-order valence-corrected chi connectivity index (χ1v) is 6.72. The molecule has 15 heavy (non-hydrogen) atoms. The molecule has 78 valence electrons. The van der Waals surface area contributed by atoms with Crippen molar-refractivity contribution in [2.75, 3.05) is 5.73 Å². The monoisotopic (exact) mass is 237 g/mol. The van der Waals surface area contributed by atoms with Gasteiger partial charge in [-0.15, -0.1) is 11.3 Å². The molecule has 2 N–H and O–H groups in total. The van der Waals surface area contributed by atoms with Crippen LogP contribution < -0.4 is 5.73 Å². The van der Waals surface area contributed by atoms with E-state index in [0.717, 1.165) is 9.77 Å². The second-order valence-corrected chi connectivity index (χ2v) is 5.62. The molecule has 0 amide bonds. The molecule has 4 heteroatoms. The van der Waals surface area contributed by atoms with Crippen LogP contribution >= 0.6 is 11.3 Å². The molecule has 0 fully saturated rings. The lowest BCUT2D eigenvalue weighted by molar-refractivity contribution is 0.683. The van der Waals surface area contributed by atoms with Crippen LogP contribution in [-0.4, -0.2) is 4.21 Å². The molecule has 0 spiro atoms. The summed E-state index contributed by atoms with van der Waals surface area (Å²) in [5.41, 5.74) is 6.27. The first-order valence-electron chi connectivity index (χ1n) is 4.52. The van der Waals surface area contributed by atoms with Crippen LogP contribution in [0.2, 0.25) is 0 Å². The molecular formula is C11H11NOS2. The summed E-state index contributed by atoms with van der Waals surface area (Å²) in [7, 11) is -0.966. The van der Waals surface area contributed by atoms with Gasteiger partial charge < -0.3 is 5.73 Å². The first-order chi connectivity index (χ1) is 7.25. The smallest absolute Gasteiger partial charge is 0.0626 e. The lowest BCUT2D eigenvalue weighted by Gasteiger charge is -2.00. The predicted octanol–water partition coefficient (Wildman–Crippen LogP) is 2.64. The predicted molar refractivity (Wildman–Crippen MR) is 65.3 cm³/mol. The number of anilines is 1. The summed E-state index contributed by atoms with van der Waals surface area (Å²) in [6, 6.07) is 11.2. The molecule has 2 nitrogen and oxygen atoms in total. The third-order valence-corrected chi connectivity index (χ3v) is 4.43. The maximum Gasteiger partial charge on any atom is 0.0626 e. The zero-order valence-electron chi connectivity index (χ0n) is 8.05. The highest BCUT2D eigenvalue weighted by Gasteiger charge is 2.05. The van der Waals surface area contributed by atoms with Crippen LogP contribution in [0.15, 0.2) is 46.7 Å². The van der Waals surface area contributed by atoms with Crippen molar-refractivity contribution in [3.05, 3.63) is 46.7 Å². The van der Waals surface area contributed by atoms with E-state index in [0.29, 0.717) is 11.4 Å². The summed E-state index contributed by atoms with van der Waals surface area (Å²) in [6.45, 7) is 0. The minimum absolute atomic E-state index is 0.585. The minimum Gasteiger partial charge on any atom is -0.399 e. The van der Waals surface area contributed by atoms with E-state index < -0.39 is 10.8 Å². The van der Waals surface area contributed by atoms with E-state index >= 15 is 0 Å². The van der Waals surface area contributed by atoms with E-state index in [4.69, 9.17) is 5.73 Å². The number of benzene rings is 1. The van der Waals surface area contributed by atoms with E-state index in [1.165, 1.54) is 0 Å². The number of thiophene rings is 1. The SMILES string of the molecule is Nc1ccc(S(=O)Cc2cccs2)cc1. The normalized spacial score (nSPS) is 12.5. The quantitative estimate of drug-likeness (QED) is 0.834. The van der Waals surface area contributed by atoms with Crippen LogP contribution in [-0.2, 0) is 16.6 Å². The van der Waals surface area contributed by atoms with Crippen LogP contribution in [0.25, 0.3) is 0 Å². The Balaban J connectivity index is 2.11. The third kappa shape index (κ3) is 2.67. The van der Waals surface area contributed by atoms with Gasteiger partial charge in [0.1, 0.15) is 0 Å². The van der Waals surface area contributed by atoms with Crippen molar-refractivity contribution in [3.63, 3.8) is 0 Å². The molecule has 1 atom stereocenters. The minimum atomic E-state index is -0.966. The summed E-state index contributed by atoms with van der Waals surface area (Å²) in [5.74, 6) is 0.585. The Morgan fingerprint density at radius 2 is 1.93 bits per heavy atom. The van der Waals surface area contributed by atoms with E-state index in [1.807, 2.05) is 29.6 Å². The highest BCUT2D eigenvalue weighted by molar-refractivity contribution is 7.84. The van der Waals surface area contributed by atoms with Crippen LogP contribution in [0.4, 0.5) is 5.69 Å². The van der Waals surface area contributed by atoms with Crippen LogP contribution in [0.1, 0.15) is 4.88 Å². The van der Waals surface area contributed by atoms with Crippen molar-refractivity contribution in [2.45, 2.75) is 10.6 Å². The van der Waals surface area contributed by atoms with Crippen molar-refractivity contribution >= 4 is 27.8 Å². The molecule has 0 saturated heterocycles. The first kappa shape index (κ1) is 10.4. The van der Waals surface area contributed by atoms with Gasteiger partial charge in [-0.1, -0.05) is 6.07 Å². The van der Waals surface area contributed by atoms with Crippen molar-refractivity contribution < 1.29 is 4.21 Å². The average molecular weight is 237 g/mol. The van der Waals surface area contributed by atoms with Gasteiger partial charge >= 0.3 is 0 Å². The fourth-order valence-electron chi connectivity index (χ4n) is 1.23. The standard InChI is InChI=1S/C11H11NOS2/c12-9-3-5-11(6-4-9)15(13)8-10-2-1-7-14-10/h1-7H,8,12H2. The number of rotatable bonds is 3. The zero-order chi connectivity index (χ0) is 10.7. The van der Waals surface area contributed by atoms with Gasteiger partial charge in [-0.2, -0.15) is 0 Å². The molecule has 1 heterocycles. The van der Waals surface area contributed by atoms with Gasteiger partial charge in [-0.05, 0) is 35.7 Å². The van der Waals surface area contributed by atoms with E-state index in [9.17, 15) is 4.21 Å². The van der Waals surface area contributed by atoms with Crippen LogP contribution in [0, 0.1) is 0 Å². The number of nitrogen functional groups attached to an aromatic ring is 1. The molecule has 0 aliphatic rings. The van der Waals surface area contributed by atoms with Crippen molar-refractivity contribution in [2.24, 2.45) is 0 Å². The molecule has 0 saturated carbocycles. The Bertz CT molecular complexity index is 448. The maximum absolute atomic E-state index is 11.9. The summed E-state index contributed by atoms with van der Waals surface area (Å²) in [5, 5.41) is 2.00. The average Bonchev–Trinajstić information content (AvgIpc) is 2.71. The van der Waals surface area contributed by atoms with Crippen LogP contribution in [0.5, 0.6) is 0 Å². The van der Waals surface area contributed by atoms with E-state index in [1.54, 1.807) is 23.5 Å². The molecule has 0 bridgehead atoms. The molecule has 2 rings (SSSR count). The van der Waals surface area contributed by atoms with E-state index in [-0.39, 0.29) is 0 Å². The Hall–Kier alpha value is -1.13. The highest BCUT2D eigenvalue weighted by atomic mass is 32.2. The summed E-state index contributed by atoms with van der Waals surface area (Å²) in [6.07, 6.45) is 0. The molecule has 2 aromatic rings. The lowest BCUT2D eigenvalue weighted by Crippen LogP contribution is -1.95. The Morgan fingerprint density at radius 1 is 1.20 bits per heavy atom. The topological polar surface area (TPSA) is 43.1 Å².